The number of anilines is 2. The third-order valence-electron chi connectivity index (χ3n) is 9.08. The van der Waals surface area contributed by atoms with Crippen LogP contribution in [0.2, 0.25) is 0 Å². The van der Waals surface area contributed by atoms with Gasteiger partial charge in [0.1, 0.15) is 6.17 Å². The fourth-order valence-electron chi connectivity index (χ4n) is 7.14. The Balaban J connectivity index is 1.55. The van der Waals surface area contributed by atoms with Crippen molar-refractivity contribution in [3.63, 3.8) is 0 Å². The lowest BCUT2D eigenvalue weighted by Crippen LogP contribution is -2.58. The van der Waals surface area contributed by atoms with Crippen molar-refractivity contribution in [2.24, 2.45) is 10.5 Å². The van der Waals surface area contributed by atoms with E-state index in [4.69, 9.17) is 5.10 Å². The quantitative estimate of drug-likeness (QED) is 0.290. The van der Waals surface area contributed by atoms with Gasteiger partial charge in [0, 0.05) is 16.5 Å². The van der Waals surface area contributed by atoms with E-state index in [-0.39, 0.29) is 11.6 Å². The van der Waals surface area contributed by atoms with Crippen LogP contribution in [0.25, 0.3) is 22.3 Å². The van der Waals surface area contributed by atoms with Crippen molar-refractivity contribution < 1.29 is 0 Å². The van der Waals surface area contributed by atoms with Crippen molar-refractivity contribution in [3.05, 3.63) is 107 Å². The minimum absolute atomic E-state index is 0.0804. The maximum Gasteiger partial charge on any atom is 0.163 e. The zero-order valence-corrected chi connectivity index (χ0v) is 22.1. The molecular weight excluding hydrogens is 450 g/mol. The van der Waals surface area contributed by atoms with Gasteiger partial charge >= 0.3 is 0 Å². The summed E-state index contributed by atoms with van der Waals surface area (Å²) < 4.78 is 0. The van der Waals surface area contributed by atoms with E-state index < -0.39 is 0 Å². The molecule has 3 heteroatoms. The van der Waals surface area contributed by atoms with E-state index in [1.165, 1.54) is 50.2 Å². The Morgan fingerprint density at radius 1 is 0.784 bits per heavy atom. The van der Waals surface area contributed by atoms with Gasteiger partial charge in [0.15, 0.2) is 5.84 Å². The second-order valence-electron chi connectivity index (χ2n) is 10.9. The van der Waals surface area contributed by atoms with Crippen LogP contribution < -0.4 is 9.91 Å². The molecule has 0 fully saturated rings. The minimum atomic E-state index is 0.0804. The zero-order valence-electron chi connectivity index (χ0n) is 22.1. The summed E-state index contributed by atoms with van der Waals surface area (Å²) >= 11 is 0. The van der Waals surface area contributed by atoms with Crippen LogP contribution in [-0.4, -0.2) is 12.0 Å². The van der Waals surface area contributed by atoms with Gasteiger partial charge < -0.3 is 4.90 Å². The molecule has 7 rings (SSSR count). The smallest absolute Gasteiger partial charge is 0.163 e. The maximum absolute atomic E-state index is 5.38. The van der Waals surface area contributed by atoms with Crippen molar-refractivity contribution in [2.75, 3.05) is 9.91 Å². The van der Waals surface area contributed by atoms with Gasteiger partial charge in [-0.15, -0.1) is 0 Å². The molecule has 0 N–H and O–H groups in total. The average Bonchev–Trinajstić information content (AvgIpc) is 3.34. The van der Waals surface area contributed by atoms with E-state index in [2.05, 4.69) is 123 Å². The highest BCUT2D eigenvalue weighted by atomic mass is 15.6. The number of hydrazone groups is 1. The Hall–Kier alpha value is -3.85. The molecule has 3 heterocycles. The lowest BCUT2D eigenvalue weighted by molar-refractivity contribution is 0.193. The van der Waals surface area contributed by atoms with E-state index >= 15 is 0 Å². The molecule has 0 aliphatic carbocycles. The van der Waals surface area contributed by atoms with Crippen LogP contribution in [0.4, 0.5) is 11.4 Å². The van der Waals surface area contributed by atoms with E-state index in [9.17, 15) is 0 Å². The number of amidine groups is 1. The van der Waals surface area contributed by atoms with Crippen molar-refractivity contribution in [3.8, 4) is 22.3 Å². The normalized spacial score (nSPS) is 18.4. The van der Waals surface area contributed by atoms with Crippen molar-refractivity contribution >= 4 is 17.2 Å². The predicted molar refractivity (Wildman–Crippen MR) is 155 cm³/mol. The molecule has 0 amide bonds. The summed E-state index contributed by atoms with van der Waals surface area (Å²) in [6.45, 7) is 9.21. The summed E-state index contributed by atoms with van der Waals surface area (Å²) in [5, 5.41) is 7.70. The van der Waals surface area contributed by atoms with E-state index in [1.54, 1.807) is 0 Å². The highest BCUT2D eigenvalue weighted by Crippen LogP contribution is 2.56. The standard InChI is InChI=1S/C34H33N3/c1-5-34(6-2)21-25-19-24(30-22(3)13-12-14-23(30)4)20-29-27-17-10-11-18-28(27)32-35-37(26-15-8-7-9-16-26)33(34)36(32)31(25)29/h7-20,33H,5-6,21H2,1-4H3. The highest BCUT2D eigenvalue weighted by Gasteiger charge is 2.54. The summed E-state index contributed by atoms with van der Waals surface area (Å²) in [6, 6.07) is 31.2. The van der Waals surface area contributed by atoms with Crippen LogP contribution in [0.15, 0.2) is 90.0 Å². The molecular formula is C34H33N3. The summed E-state index contributed by atoms with van der Waals surface area (Å²) in [5.41, 5.74) is 13.3. The molecule has 1 unspecified atom stereocenters. The fourth-order valence-corrected chi connectivity index (χ4v) is 7.14. The Bertz CT molecular complexity index is 1540. The van der Waals surface area contributed by atoms with Gasteiger partial charge in [0.2, 0.25) is 0 Å². The molecule has 184 valence electrons. The van der Waals surface area contributed by atoms with Crippen LogP contribution in [-0.2, 0) is 6.42 Å². The maximum atomic E-state index is 5.38. The van der Waals surface area contributed by atoms with Gasteiger partial charge in [-0.05, 0) is 90.8 Å². The molecule has 1 atom stereocenters. The van der Waals surface area contributed by atoms with Gasteiger partial charge in [-0.3, -0.25) is 0 Å². The van der Waals surface area contributed by atoms with Gasteiger partial charge in [0.25, 0.3) is 0 Å². The van der Waals surface area contributed by atoms with Crippen LogP contribution in [0.3, 0.4) is 0 Å². The number of benzene rings is 4. The number of aryl methyl sites for hydroxylation is 2. The number of nitrogens with zero attached hydrogens (tertiary/aromatic N) is 3. The van der Waals surface area contributed by atoms with Crippen LogP contribution in [0, 0.1) is 19.3 Å². The van der Waals surface area contributed by atoms with Crippen molar-refractivity contribution in [2.45, 2.75) is 53.1 Å². The molecule has 3 aliphatic rings. The topological polar surface area (TPSA) is 18.8 Å². The number of rotatable bonds is 4. The summed E-state index contributed by atoms with van der Waals surface area (Å²) in [4.78, 5) is 2.59. The highest BCUT2D eigenvalue weighted by molar-refractivity contribution is 6.22. The van der Waals surface area contributed by atoms with Crippen molar-refractivity contribution in [1.29, 1.82) is 0 Å². The SMILES string of the molecule is CCC1(CC)Cc2cc(-c3c(C)cccc3C)cc3c2N2C(=NN(c4ccccc4)C21)c1ccccc1-3. The van der Waals surface area contributed by atoms with Gasteiger partial charge in [-0.2, -0.15) is 5.10 Å². The fraction of sp³-hybridized carbons (Fsp3) is 0.265. The number of hydrogen-bond acceptors (Lipinski definition) is 3. The summed E-state index contributed by atoms with van der Waals surface area (Å²) in [7, 11) is 0. The minimum Gasteiger partial charge on any atom is -0.300 e. The third-order valence-corrected chi connectivity index (χ3v) is 9.08. The van der Waals surface area contributed by atoms with Gasteiger partial charge in [0.05, 0.1) is 11.4 Å². The summed E-state index contributed by atoms with van der Waals surface area (Å²) in [5.74, 6) is 1.09. The Morgan fingerprint density at radius 3 is 2.16 bits per heavy atom. The van der Waals surface area contributed by atoms with Crippen LogP contribution >= 0.6 is 0 Å². The molecule has 3 nitrogen and oxygen atoms in total. The lowest BCUT2D eigenvalue weighted by atomic mass is 9.68. The zero-order chi connectivity index (χ0) is 25.3. The van der Waals surface area contributed by atoms with Crippen LogP contribution in [0.1, 0.15) is 48.9 Å². The molecule has 3 aliphatic heterocycles. The molecule has 37 heavy (non-hydrogen) atoms. The molecule has 0 saturated heterocycles. The number of hydrogen-bond donors (Lipinski definition) is 0. The average molecular weight is 484 g/mol. The third kappa shape index (κ3) is 3.03. The monoisotopic (exact) mass is 483 g/mol. The first-order chi connectivity index (χ1) is 18.1. The molecule has 4 aromatic rings. The molecule has 0 radical (unpaired) electrons. The number of fused-ring (bicyclic) bond motifs is 3. The molecule has 0 saturated carbocycles. The largest absolute Gasteiger partial charge is 0.300 e. The first kappa shape index (κ1) is 22.4. The predicted octanol–water partition coefficient (Wildman–Crippen LogP) is 8.33. The Morgan fingerprint density at radius 2 is 1.46 bits per heavy atom. The van der Waals surface area contributed by atoms with Crippen LogP contribution in [0.5, 0.6) is 0 Å². The lowest BCUT2D eigenvalue weighted by Gasteiger charge is -2.51. The Labute approximate surface area is 220 Å². The van der Waals surface area contributed by atoms with E-state index in [0.29, 0.717) is 0 Å². The molecule has 0 bridgehead atoms. The van der Waals surface area contributed by atoms with Gasteiger partial charge in [-0.1, -0.05) is 74.5 Å². The molecule has 0 spiro atoms. The first-order valence-corrected chi connectivity index (χ1v) is 13.6. The second kappa shape index (κ2) is 8.08. The van der Waals surface area contributed by atoms with Gasteiger partial charge in [-0.25, -0.2) is 5.01 Å². The Kier molecular flexibility index (Phi) is 4.88. The van der Waals surface area contributed by atoms with E-state index in [1.807, 2.05) is 0 Å². The molecule has 4 aromatic carbocycles. The van der Waals surface area contributed by atoms with Crippen molar-refractivity contribution in [1.82, 2.24) is 0 Å². The molecule has 0 aromatic heterocycles. The summed E-state index contributed by atoms with van der Waals surface area (Å²) in [6.07, 6.45) is 3.41. The second-order valence-corrected chi connectivity index (χ2v) is 10.9. The first-order valence-electron chi connectivity index (χ1n) is 13.6. The number of para-hydroxylation sites is 1. The van der Waals surface area contributed by atoms with E-state index in [0.717, 1.165) is 30.8 Å².